The van der Waals surface area contributed by atoms with Crippen LogP contribution in [0.3, 0.4) is 0 Å². The SMILES string of the molecule is CCCCc1ccc(NS(=O)(=O)c2c(F)c(F)c(F)c(F)c2F)c(C)c1. The van der Waals surface area contributed by atoms with Crippen molar-refractivity contribution in [2.75, 3.05) is 4.72 Å². The quantitative estimate of drug-likeness (QED) is 0.434. The second kappa shape index (κ2) is 7.61. The lowest BCUT2D eigenvalue weighted by Gasteiger charge is -2.14. The minimum absolute atomic E-state index is 0.0193. The van der Waals surface area contributed by atoms with Crippen molar-refractivity contribution in [3.63, 3.8) is 0 Å². The van der Waals surface area contributed by atoms with E-state index in [9.17, 15) is 30.4 Å². The number of hydrogen-bond acceptors (Lipinski definition) is 2. The smallest absolute Gasteiger partial charge is 0.268 e. The first-order valence-electron chi connectivity index (χ1n) is 7.74. The Kier molecular flexibility index (Phi) is 5.90. The van der Waals surface area contributed by atoms with Gasteiger partial charge in [0.15, 0.2) is 28.2 Å². The fourth-order valence-electron chi connectivity index (χ4n) is 2.39. The lowest BCUT2D eigenvalue weighted by atomic mass is 10.1. The number of benzene rings is 2. The van der Waals surface area contributed by atoms with Crippen LogP contribution in [-0.2, 0) is 16.4 Å². The van der Waals surface area contributed by atoms with E-state index in [0.717, 1.165) is 24.8 Å². The summed E-state index contributed by atoms with van der Waals surface area (Å²) in [7, 11) is -5.04. The van der Waals surface area contributed by atoms with Crippen LogP contribution in [0.1, 0.15) is 30.9 Å². The molecule has 0 heterocycles. The molecule has 2 rings (SSSR count). The van der Waals surface area contributed by atoms with Gasteiger partial charge < -0.3 is 0 Å². The zero-order valence-corrected chi connectivity index (χ0v) is 14.8. The molecule has 0 bridgehead atoms. The largest absolute Gasteiger partial charge is 0.279 e. The van der Waals surface area contributed by atoms with Crippen LogP contribution in [0.2, 0.25) is 0 Å². The van der Waals surface area contributed by atoms with E-state index in [0.29, 0.717) is 5.56 Å². The van der Waals surface area contributed by atoms with Crippen molar-refractivity contribution < 1.29 is 30.4 Å². The topological polar surface area (TPSA) is 46.2 Å². The van der Waals surface area contributed by atoms with Gasteiger partial charge in [0.05, 0.1) is 5.69 Å². The first-order valence-corrected chi connectivity index (χ1v) is 9.22. The van der Waals surface area contributed by atoms with E-state index < -0.39 is 44.0 Å². The van der Waals surface area contributed by atoms with Gasteiger partial charge in [-0.15, -0.1) is 0 Å². The van der Waals surface area contributed by atoms with E-state index in [2.05, 4.69) is 0 Å². The molecule has 3 nitrogen and oxygen atoms in total. The maximum atomic E-state index is 13.8. The van der Waals surface area contributed by atoms with Crippen molar-refractivity contribution in [2.45, 2.75) is 38.0 Å². The molecule has 0 spiro atoms. The van der Waals surface area contributed by atoms with Gasteiger partial charge in [-0.3, -0.25) is 4.72 Å². The van der Waals surface area contributed by atoms with Crippen LogP contribution in [0.15, 0.2) is 23.1 Å². The summed E-state index contributed by atoms with van der Waals surface area (Å²) in [5.41, 5.74) is 1.36. The molecule has 0 aliphatic carbocycles. The van der Waals surface area contributed by atoms with Crippen molar-refractivity contribution in [3.05, 3.63) is 58.4 Å². The molecule has 26 heavy (non-hydrogen) atoms. The minimum atomic E-state index is -5.04. The van der Waals surface area contributed by atoms with Gasteiger partial charge >= 0.3 is 0 Å². The summed E-state index contributed by atoms with van der Waals surface area (Å²) in [6, 6.07) is 4.69. The van der Waals surface area contributed by atoms with Gasteiger partial charge in [0, 0.05) is 0 Å². The molecule has 2 aromatic rings. The lowest BCUT2D eigenvalue weighted by molar-refractivity contribution is 0.358. The standard InChI is InChI=1S/C17H16F5NO2S/c1-3-4-5-10-6-7-11(9(2)8-10)23-26(24,25)17-15(21)13(19)12(18)14(20)16(17)22/h6-8,23H,3-5H2,1-2H3. The van der Waals surface area contributed by atoms with E-state index in [1.165, 1.54) is 6.07 Å². The molecule has 0 aliphatic rings. The Bertz CT molecular complexity index is 916. The molecule has 0 saturated heterocycles. The van der Waals surface area contributed by atoms with Gasteiger partial charge in [0.2, 0.25) is 5.82 Å². The summed E-state index contributed by atoms with van der Waals surface area (Å²) in [4.78, 5) is -1.91. The van der Waals surface area contributed by atoms with Gasteiger partial charge in [-0.25, -0.2) is 30.4 Å². The van der Waals surface area contributed by atoms with Crippen LogP contribution in [0.25, 0.3) is 0 Å². The van der Waals surface area contributed by atoms with Gasteiger partial charge in [-0.2, -0.15) is 0 Å². The summed E-state index contributed by atoms with van der Waals surface area (Å²) in [6.45, 7) is 3.57. The number of anilines is 1. The van der Waals surface area contributed by atoms with Gasteiger partial charge in [0.25, 0.3) is 10.0 Å². The Labute approximate surface area is 147 Å². The number of unbranched alkanes of at least 4 members (excludes halogenated alkanes) is 1. The molecule has 2 aromatic carbocycles. The first-order chi connectivity index (χ1) is 12.1. The summed E-state index contributed by atoms with van der Waals surface area (Å²) in [5.74, 6) is -11.9. The highest BCUT2D eigenvalue weighted by Crippen LogP contribution is 2.29. The lowest BCUT2D eigenvalue weighted by Crippen LogP contribution is -2.20. The monoisotopic (exact) mass is 393 g/mol. The van der Waals surface area contributed by atoms with Crippen LogP contribution in [0, 0.1) is 36.0 Å². The van der Waals surface area contributed by atoms with Gasteiger partial charge in [-0.05, 0) is 37.0 Å². The van der Waals surface area contributed by atoms with E-state index in [1.54, 1.807) is 19.1 Å². The predicted octanol–water partition coefficient (Wildman–Crippen LogP) is 4.83. The molecule has 0 atom stereocenters. The van der Waals surface area contributed by atoms with E-state index >= 15 is 0 Å². The third-order valence-electron chi connectivity index (χ3n) is 3.79. The predicted molar refractivity (Wildman–Crippen MR) is 86.8 cm³/mol. The number of hydrogen-bond donors (Lipinski definition) is 1. The van der Waals surface area contributed by atoms with E-state index in [4.69, 9.17) is 0 Å². The summed E-state index contributed by atoms with van der Waals surface area (Å²) in [5, 5.41) is 0. The zero-order chi connectivity index (χ0) is 19.6. The Morgan fingerprint density at radius 1 is 0.923 bits per heavy atom. The fourth-order valence-corrected chi connectivity index (χ4v) is 3.66. The average molecular weight is 393 g/mol. The van der Waals surface area contributed by atoms with Crippen molar-refractivity contribution >= 4 is 15.7 Å². The first kappa shape index (κ1) is 20.2. The van der Waals surface area contributed by atoms with E-state index in [-0.39, 0.29) is 5.69 Å². The van der Waals surface area contributed by atoms with Crippen molar-refractivity contribution in [1.82, 2.24) is 0 Å². The van der Waals surface area contributed by atoms with Gasteiger partial charge in [0.1, 0.15) is 0 Å². The molecule has 0 aliphatic heterocycles. The Balaban J connectivity index is 2.45. The maximum absolute atomic E-state index is 13.8. The van der Waals surface area contributed by atoms with Crippen LogP contribution in [0.4, 0.5) is 27.6 Å². The molecular weight excluding hydrogens is 377 g/mol. The molecule has 142 valence electrons. The summed E-state index contributed by atoms with van der Waals surface area (Å²) < 4.78 is 93.5. The molecular formula is C17H16F5NO2S. The van der Waals surface area contributed by atoms with E-state index in [1.807, 2.05) is 11.6 Å². The molecule has 0 amide bonds. The molecule has 9 heteroatoms. The third-order valence-corrected chi connectivity index (χ3v) is 5.18. The number of aryl methyl sites for hydroxylation is 2. The number of halogens is 5. The highest BCUT2D eigenvalue weighted by molar-refractivity contribution is 7.92. The Morgan fingerprint density at radius 3 is 1.96 bits per heavy atom. The Morgan fingerprint density at radius 2 is 1.46 bits per heavy atom. The average Bonchev–Trinajstić information content (AvgIpc) is 2.58. The highest BCUT2D eigenvalue weighted by Gasteiger charge is 2.33. The van der Waals surface area contributed by atoms with Crippen LogP contribution in [-0.4, -0.2) is 8.42 Å². The molecule has 0 unspecified atom stereocenters. The van der Waals surface area contributed by atoms with Crippen molar-refractivity contribution in [3.8, 4) is 0 Å². The van der Waals surface area contributed by atoms with Crippen molar-refractivity contribution in [2.24, 2.45) is 0 Å². The highest BCUT2D eigenvalue weighted by atomic mass is 32.2. The second-order valence-electron chi connectivity index (χ2n) is 5.76. The minimum Gasteiger partial charge on any atom is -0.279 e. The third kappa shape index (κ3) is 3.82. The maximum Gasteiger partial charge on any atom is 0.268 e. The number of sulfonamides is 1. The molecule has 0 fully saturated rings. The Hall–Kier alpha value is -2.16. The van der Waals surface area contributed by atoms with Crippen molar-refractivity contribution in [1.29, 1.82) is 0 Å². The number of nitrogens with one attached hydrogen (secondary N) is 1. The zero-order valence-electron chi connectivity index (χ0n) is 14.0. The summed E-state index contributed by atoms with van der Waals surface area (Å²) in [6.07, 6.45) is 2.66. The normalized spacial score (nSPS) is 11.7. The van der Waals surface area contributed by atoms with Crippen LogP contribution >= 0.6 is 0 Å². The summed E-state index contributed by atoms with van der Waals surface area (Å²) >= 11 is 0. The molecule has 0 aromatic heterocycles. The number of rotatable bonds is 6. The van der Waals surface area contributed by atoms with Gasteiger partial charge in [-0.1, -0.05) is 25.5 Å². The molecule has 1 N–H and O–H groups in total. The fraction of sp³-hybridized carbons (Fsp3) is 0.294. The van der Waals surface area contributed by atoms with Crippen LogP contribution < -0.4 is 4.72 Å². The molecule has 0 radical (unpaired) electrons. The van der Waals surface area contributed by atoms with Crippen LogP contribution in [0.5, 0.6) is 0 Å². The molecule has 0 saturated carbocycles. The second-order valence-corrected chi connectivity index (χ2v) is 7.38.